The van der Waals surface area contributed by atoms with Gasteiger partial charge in [0.2, 0.25) is 0 Å². The summed E-state index contributed by atoms with van der Waals surface area (Å²) in [4.78, 5) is 29.9. The number of nitrogens with zero attached hydrogens (tertiary/aromatic N) is 2. The molecule has 1 amide bonds. The van der Waals surface area contributed by atoms with Gasteiger partial charge in [-0.2, -0.15) is 0 Å². The largest absolute Gasteiger partial charge is 0.482 e. The number of carbonyl (C=O) groups excluding carboxylic acids is 1. The number of ether oxygens (including phenoxy) is 1. The zero-order valence-electron chi connectivity index (χ0n) is 16.0. The van der Waals surface area contributed by atoms with E-state index in [0.29, 0.717) is 17.0 Å². The molecule has 0 aliphatic carbocycles. The summed E-state index contributed by atoms with van der Waals surface area (Å²) in [6.45, 7) is 3.44. The van der Waals surface area contributed by atoms with Crippen molar-refractivity contribution in [3.63, 3.8) is 0 Å². The van der Waals surface area contributed by atoms with Gasteiger partial charge < -0.3 is 20.1 Å². The monoisotopic (exact) mass is 383 g/mol. The summed E-state index contributed by atoms with van der Waals surface area (Å²) in [5.74, 6) is 0.0827. The van der Waals surface area contributed by atoms with Crippen LogP contribution in [0.25, 0.3) is 0 Å². The number of hydrogen-bond acceptors (Lipinski definition) is 5. The van der Waals surface area contributed by atoms with Gasteiger partial charge in [0.15, 0.2) is 6.61 Å². The number of benzene rings is 1. The van der Waals surface area contributed by atoms with Crippen molar-refractivity contribution in [2.45, 2.75) is 32.6 Å². The molecule has 0 atom stereocenters. The van der Waals surface area contributed by atoms with Crippen molar-refractivity contribution in [3.05, 3.63) is 47.7 Å². The zero-order chi connectivity index (χ0) is 19.9. The van der Waals surface area contributed by atoms with Crippen LogP contribution in [0.2, 0.25) is 0 Å². The third-order valence-corrected chi connectivity index (χ3v) is 4.75. The van der Waals surface area contributed by atoms with Crippen LogP contribution in [0, 0.1) is 6.92 Å². The van der Waals surface area contributed by atoms with Crippen molar-refractivity contribution in [1.29, 1.82) is 0 Å². The first kappa shape index (κ1) is 19.7. The third-order valence-electron chi connectivity index (χ3n) is 4.75. The highest BCUT2D eigenvalue weighted by Crippen LogP contribution is 2.22. The molecule has 2 heterocycles. The van der Waals surface area contributed by atoms with E-state index in [4.69, 9.17) is 9.84 Å². The molecule has 7 nitrogen and oxygen atoms in total. The van der Waals surface area contributed by atoms with Crippen molar-refractivity contribution < 1.29 is 19.4 Å². The number of aliphatic carboxylic acids is 1. The number of amides is 1. The minimum atomic E-state index is -1.04. The van der Waals surface area contributed by atoms with E-state index >= 15 is 0 Å². The lowest BCUT2D eigenvalue weighted by Gasteiger charge is -2.21. The lowest BCUT2D eigenvalue weighted by Crippen LogP contribution is -2.25. The molecule has 148 valence electrons. The van der Waals surface area contributed by atoms with Crippen LogP contribution in [-0.4, -0.2) is 41.7 Å². The Bertz CT molecular complexity index is 828. The normalized spacial score (nSPS) is 14.2. The molecule has 1 aliphatic heterocycles. The van der Waals surface area contributed by atoms with Gasteiger partial charge in [0.05, 0.1) is 5.56 Å². The Labute approximate surface area is 164 Å². The average Bonchev–Trinajstić information content (AvgIpc) is 2.98. The molecule has 0 radical (unpaired) electrons. The first-order valence-electron chi connectivity index (χ1n) is 9.50. The first-order valence-corrected chi connectivity index (χ1v) is 9.50. The van der Waals surface area contributed by atoms with Crippen molar-refractivity contribution in [2.24, 2.45) is 0 Å². The predicted octanol–water partition coefficient (Wildman–Crippen LogP) is 3.49. The maximum absolute atomic E-state index is 12.5. The van der Waals surface area contributed by atoms with Crippen LogP contribution in [0.1, 0.15) is 41.6 Å². The molecule has 1 aromatic carbocycles. The Hall–Kier alpha value is -3.09. The summed E-state index contributed by atoms with van der Waals surface area (Å²) >= 11 is 0. The Morgan fingerprint density at radius 1 is 1.14 bits per heavy atom. The molecule has 1 aromatic heterocycles. The molecule has 7 heteroatoms. The molecule has 1 aliphatic rings. The molecule has 0 saturated carbocycles. The van der Waals surface area contributed by atoms with Gasteiger partial charge in [-0.05, 0) is 55.7 Å². The minimum Gasteiger partial charge on any atom is -0.482 e. The van der Waals surface area contributed by atoms with Gasteiger partial charge in [-0.15, -0.1) is 0 Å². The molecular weight excluding hydrogens is 358 g/mol. The quantitative estimate of drug-likeness (QED) is 0.793. The highest BCUT2D eigenvalue weighted by molar-refractivity contribution is 6.04. The first-order chi connectivity index (χ1) is 13.5. The van der Waals surface area contributed by atoms with Crippen LogP contribution in [0.4, 0.5) is 11.5 Å². The summed E-state index contributed by atoms with van der Waals surface area (Å²) in [7, 11) is 0. The number of anilines is 2. The van der Waals surface area contributed by atoms with Gasteiger partial charge in [0.25, 0.3) is 5.91 Å². The SMILES string of the molecule is Cc1cc(OCC(=O)O)ccc1NC(=O)c1ccc(N2CCCCCC2)nc1. The number of aromatic nitrogens is 1. The van der Waals surface area contributed by atoms with E-state index in [1.807, 2.05) is 13.0 Å². The van der Waals surface area contributed by atoms with E-state index < -0.39 is 12.6 Å². The van der Waals surface area contributed by atoms with Gasteiger partial charge in [0.1, 0.15) is 11.6 Å². The number of carbonyl (C=O) groups is 2. The number of rotatable bonds is 6. The van der Waals surface area contributed by atoms with Crippen LogP contribution in [-0.2, 0) is 4.79 Å². The molecule has 3 rings (SSSR count). The summed E-state index contributed by atoms with van der Waals surface area (Å²) < 4.78 is 5.15. The second-order valence-corrected chi connectivity index (χ2v) is 6.92. The second-order valence-electron chi connectivity index (χ2n) is 6.92. The second kappa shape index (κ2) is 9.21. The van der Waals surface area contributed by atoms with Crippen LogP contribution in [0.15, 0.2) is 36.5 Å². The zero-order valence-corrected chi connectivity index (χ0v) is 16.0. The fourth-order valence-corrected chi connectivity index (χ4v) is 3.21. The van der Waals surface area contributed by atoms with Crippen LogP contribution < -0.4 is 15.0 Å². The summed E-state index contributed by atoms with van der Waals surface area (Å²) in [6.07, 6.45) is 6.48. The van der Waals surface area contributed by atoms with Gasteiger partial charge >= 0.3 is 5.97 Å². The number of pyridine rings is 1. The Kier molecular flexibility index (Phi) is 6.47. The number of hydrogen-bond donors (Lipinski definition) is 2. The van der Waals surface area contributed by atoms with Crippen molar-refractivity contribution in [1.82, 2.24) is 4.98 Å². The maximum atomic E-state index is 12.5. The van der Waals surface area contributed by atoms with Gasteiger partial charge in [-0.3, -0.25) is 4.79 Å². The Balaban J connectivity index is 1.63. The Morgan fingerprint density at radius 3 is 2.50 bits per heavy atom. The fraction of sp³-hybridized carbons (Fsp3) is 0.381. The molecular formula is C21H25N3O4. The van der Waals surface area contributed by atoms with E-state index in [9.17, 15) is 9.59 Å². The summed E-state index contributed by atoms with van der Waals surface area (Å²) in [5.41, 5.74) is 1.92. The average molecular weight is 383 g/mol. The molecule has 2 N–H and O–H groups in total. The minimum absolute atomic E-state index is 0.239. The lowest BCUT2D eigenvalue weighted by atomic mass is 10.1. The third kappa shape index (κ3) is 5.22. The molecule has 28 heavy (non-hydrogen) atoms. The standard InChI is InChI=1S/C21H25N3O4/c1-15-12-17(28-14-20(25)26)7-8-18(15)23-21(27)16-6-9-19(22-13-16)24-10-4-2-3-5-11-24/h6-9,12-13H,2-5,10-11,14H2,1H3,(H,23,27)(H,25,26). The van der Waals surface area contributed by atoms with Crippen LogP contribution in [0.3, 0.4) is 0 Å². The summed E-state index contributed by atoms with van der Waals surface area (Å²) in [5, 5.41) is 11.5. The number of carboxylic acids is 1. The van der Waals surface area contributed by atoms with Gasteiger partial charge in [-0.1, -0.05) is 12.8 Å². The fourth-order valence-electron chi connectivity index (χ4n) is 3.21. The van der Waals surface area contributed by atoms with Gasteiger partial charge in [-0.25, -0.2) is 9.78 Å². The highest BCUT2D eigenvalue weighted by atomic mass is 16.5. The van der Waals surface area contributed by atoms with E-state index in [1.165, 1.54) is 25.7 Å². The Morgan fingerprint density at radius 2 is 1.89 bits per heavy atom. The van der Waals surface area contributed by atoms with E-state index in [0.717, 1.165) is 24.5 Å². The molecule has 1 fully saturated rings. The topological polar surface area (TPSA) is 91.8 Å². The van der Waals surface area contributed by atoms with E-state index in [1.54, 1.807) is 30.5 Å². The summed E-state index contributed by atoms with van der Waals surface area (Å²) in [6, 6.07) is 8.72. The van der Waals surface area contributed by atoms with Crippen molar-refractivity contribution in [3.8, 4) is 5.75 Å². The predicted molar refractivity (Wildman–Crippen MR) is 107 cm³/mol. The number of nitrogens with one attached hydrogen (secondary N) is 1. The molecule has 0 bridgehead atoms. The molecule has 2 aromatic rings. The van der Waals surface area contributed by atoms with Crippen LogP contribution in [0.5, 0.6) is 5.75 Å². The van der Waals surface area contributed by atoms with Crippen LogP contribution >= 0.6 is 0 Å². The van der Waals surface area contributed by atoms with Gasteiger partial charge in [0, 0.05) is 25.0 Å². The molecule has 1 saturated heterocycles. The van der Waals surface area contributed by atoms with Crippen molar-refractivity contribution in [2.75, 3.05) is 29.9 Å². The lowest BCUT2D eigenvalue weighted by molar-refractivity contribution is -0.139. The molecule has 0 unspecified atom stereocenters. The number of carboxylic acid groups (broad SMARTS) is 1. The number of aryl methyl sites for hydroxylation is 1. The smallest absolute Gasteiger partial charge is 0.341 e. The van der Waals surface area contributed by atoms with E-state index in [-0.39, 0.29) is 5.91 Å². The molecule has 0 spiro atoms. The van der Waals surface area contributed by atoms with E-state index in [2.05, 4.69) is 15.2 Å². The maximum Gasteiger partial charge on any atom is 0.341 e. The van der Waals surface area contributed by atoms with Crippen molar-refractivity contribution >= 4 is 23.4 Å². The highest BCUT2D eigenvalue weighted by Gasteiger charge is 2.13.